The average molecular weight is 245 g/mol. The number of carbonyl (C=O) groups is 1. The lowest BCUT2D eigenvalue weighted by molar-refractivity contribution is -0.122. The minimum atomic E-state index is -3.61. The third kappa shape index (κ3) is 2.51. The maximum Gasteiger partial charge on any atom is 0.230 e. The highest BCUT2D eigenvalue weighted by atomic mass is 32.2. The molecule has 0 saturated carbocycles. The van der Waals surface area contributed by atoms with E-state index < -0.39 is 27.1 Å². The summed E-state index contributed by atoms with van der Waals surface area (Å²) in [6, 6.07) is 1.70. The number of nitrogens with two attached hydrogens (primary N) is 1. The van der Waals surface area contributed by atoms with Gasteiger partial charge in [-0.25, -0.2) is 8.42 Å². The number of carbonyl (C=O) groups excluding carboxylic acids is 1. The van der Waals surface area contributed by atoms with Crippen LogP contribution in [0.3, 0.4) is 0 Å². The normalized spacial score (nSPS) is 24.6. The molecule has 2 unspecified atom stereocenters. The number of piperidine rings is 1. The van der Waals surface area contributed by atoms with Crippen LogP contribution in [-0.4, -0.2) is 37.0 Å². The second-order valence-electron chi connectivity index (χ2n) is 3.92. The Kier molecular flexibility index (Phi) is 3.88. The third-order valence-corrected chi connectivity index (χ3v) is 4.83. The topological polar surface area (TPSA) is 104 Å². The summed E-state index contributed by atoms with van der Waals surface area (Å²) in [5.74, 6) is -0.918. The van der Waals surface area contributed by atoms with Crippen molar-refractivity contribution in [2.24, 2.45) is 11.7 Å². The van der Waals surface area contributed by atoms with Crippen LogP contribution >= 0.6 is 0 Å². The van der Waals surface area contributed by atoms with Crippen molar-refractivity contribution in [1.29, 1.82) is 5.26 Å². The van der Waals surface area contributed by atoms with Crippen LogP contribution in [0.15, 0.2) is 0 Å². The minimum absolute atomic E-state index is 0.101. The lowest BCUT2D eigenvalue weighted by Crippen LogP contribution is -2.46. The number of hydrogen-bond donors (Lipinski definition) is 1. The van der Waals surface area contributed by atoms with Gasteiger partial charge in [0.2, 0.25) is 15.9 Å². The average Bonchev–Trinajstić information content (AvgIpc) is 2.28. The number of amides is 1. The molecule has 1 fully saturated rings. The summed E-state index contributed by atoms with van der Waals surface area (Å²) in [5.41, 5.74) is 5.16. The molecule has 1 heterocycles. The van der Waals surface area contributed by atoms with E-state index in [2.05, 4.69) is 0 Å². The zero-order valence-corrected chi connectivity index (χ0v) is 9.90. The Morgan fingerprint density at radius 3 is 2.75 bits per heavy atom. The quantitative estimate of drug-likeness (QED) is 0.718. The van der Waals surface area contributed by atoms with Gasteiger partial charge in [-0.3, -0.25) is 4.79 Å². The fourth-order valence-electron chi connectivity index (χ4n) is 1.70. The van der Waals surface area contributed by atoms with Gasteiger partial charge in [-0.05, 0) is 19.8 Å². The van der Waals surface area contributed by atoms with E-state index in [1.807, 2.05) is 0 Å². The molecule has 7 heteroatoms. The smallest absolute Gasteiger partial charge is 0.230 e. The molecule has 16 heavy (non-hydrogen) atoms. The molecule has 6 nitrogen and oxygen atoms in total. The molecule has 1 rings (SSSR count). The Hall–Kier alpha value is -1.13. The van der Waals surface area contributed by atoms with Crippen LogP contribution < -0.4 is 5.73 Å². The van der Waals surface area contributed by atoms with Gasteiger partial charge in [0.1, 0.15) is 0 Å². The number of hydrogen-bond acceptors (Lipinski definition) is 4. The van der Waals surface area contributed by atoms with Crippen molar-refractivity contribution < 1.29 is 13.2 Å². The monoisotopic (exact) mass is 245 g/mol. The molecule has 0 aromatic heterocycles. The molecule has 0 spiro atoms. The number of nitrogens with zero attached hydrogens (tertiary/aromatic N) is 2. The van der Waals surface area contributed by atoms with Crippen LogP contribution in [-0.2, 0) is 14.8 Å². The summed E-state index contributed by atoms with van der Waals surface area (Å²) >= 11 is 0. The van der Waals surface area contributed by atoms with Gasteiger partial charge in [-0.1, -0.05) is 0 Å². The van der Waals surface area contributed by atoms with Crippen molar-refractivity contribution in [3.05, 3.63) is 0 Å². The molecular formula is C9H15N3O3S. The van der Waals surface area contributed by atoms with E-state index in [1.54, 1.807) is 6.07 Å². The van der Waals surface area contributed by atoms with Crippen molar-refractivity contribution in [3.63, 3.8) is 0 Å². The maximum atomic E-state index is 11.8. The summed E-state index contributed by atoms with van der Waals surface area (Å²) in [4.78, 5) is 11.0. The van der Waals surface area contributed by atoms with Crippen molar-refractivity contribution in [2.75, 3.05) is 13.1 Å². The molecule has 0 radical (unpaired) electrons. The van der Waals surface area contributed by atoms with Crippen LogP contribution in [0.4, 0.5) is 0 Å². The first-order chi connectivity index (χ1) is 7.39. The highest BCUT2D eigenvalue weighted by Gasteiger charge is 2.34. The number of nitriles is 1. The SMILES string of the molecule is CC(C#N)S(=O)(=O)N1CCCC(C(N)=O)C1. The summed E-state index contributed by atoms with van der Waals surface area (Å²) in [7, 11) is -3.61. The largest absolute Gasteiger partial charge is 0.369 e. The van der Waals surface area contributed by atoms with E-state index in [1.165, 1.54) is 11.2 Å². The molecule has 90 valence electrons. The molecule has 2 atom stereocenters. The first kappa shape index (κ1) is 12.9. The van der Waals surface area contributed by atoms with Gasteiger partial charge in [0.05, 0.1) is 12.0 Å². The zero-order chi connectivity index (χ0) is 12.3. The van der Waals surface area contributed by atoms with Crippen molar-refractivity contribution in [3.8, 4) is 6.07 Å². The van der Waals surface area contributed by atoms with Crippen LogP contribution in [0.5, 0.6) is 0 Å². The summed E-state index contributed by atoms with van der Waals surface area (Å²) in [6.07, 6.45) is 1.22. The number of primary amides is 1. The van der Waals surface area contributed by atoms with Gasteiger partial charge in [0.25, 0.3) is 0 Å². The fraction of sp³-hybridized carbons (Fsp3) is 0.778. The standard InChI is InChI=1S/C9H15N3O3S/c1-7(5-10)16(14,15)12-4-2-3-8(6-12)9(11)13/h7-8H,2-4,6H2,1H3,(H2,11,13). The predicted octanol–water partition coefficient (Wildman–Crippen LogP) is -0.574. The fourth-order valence-corrected chi connectivity index (χ4v) is 3.05. The Balaban J connectivity index is 2.83. The first-order valence-corrected chi connectivity index (χ1v) is 6.57. The number of sulfonamides is 1. The highest BCUT2D eigenvalue weighted by Crippen LogP contribution is 2.20. The molecule has 1 saturated heterocycles. The molecule has 0 bridgehead atoms. The summed E-state index contributed by atoms with van der Waals surface area (Å²) in [5, 5.41) is 7.54. The zero-order valence-electron chi connectivity index (χ0n) is 9.09. The van der Waals surface area contributed by atoms with Crippen molar-refractivity contribution in [1.82, 2.24) is 4.31 Å². The molecule has 0 aliphatic carbocycles. The predicted molar refractivity (Wildman–Crippen MR) is 57.5 cm³/mol. The molecule has 0 aromatic rings. The molecule has 1 aliphatic rings. The van der Waals surface area contributed by atoms with Crippen LogP contribution in [0.2, 0.25) is 0 Å². The minimum Gasteiger partial charge on any atom is -0.369 e. The maximum absolute atomic E-state index is 11.8. The van der Waals surface area contributed by atoms with Gasteiger partial charge in [0, 0.05) is 13.1 Å². The Morgan fingerprint density at radius 2 is 2.25 bits per heavy atom. The van der Waals surface area contributed by atoms with Gasteiger partial charge < -0.3 is 5.73 Å². The van der Waals surface area contributed by atoms with E-state index in [9.17, 15) is 13.2 Å². The Morgan fingerprint density at radius 1 is 1.62 bits per heavy atom. The van der Waals surface area contributed by atoms with Crippen LogP contribution in [0, 0.1) is 17.2 Å². The van der Waals surface area contributed by atoms with Gasteiger partial charge in [0.15, 0.2) is 5.25 Å². The van der Waals surface area contributed by atoms with E-state index in [0.29, 0.717) is 19.4 Å². The second kappa shape index (κ2) is 4.80. The van der Waals surface area contributed by atoms with Gasteiger partial charge >= 0.3 is 0 Å². The Labute approximate surface area is 95.1 Å². The third-order valence-electron chi connectivity index (χ3n) is 2.77. The van der Waals surface area contributed by atoms with Crippen LogP contribution in [0.25, 0.3) is 0 Å². The van der Waals surface area contributed by atoms with E-state index in [4.69, 9.17) is 11.0 Å². The summed E-state index contributed by atoms with van der Waals surface area (Å²) in [6.45, 7) is 1.80. The lowest BCUT2D eigenvalue weighted by atomic mass is 9.99. The van der Waals surface area contributed by atoms with E-state index in [-0.39, 0.29) is 6.54 Å². The van der Waals surface area contributed by atoms with Crippen LogP contribution in [0.1, 0.15) is 19.8 Å². The van der Waals surface area contributed by atoms with Crippen molar-refractivity contribution in [2.45, 2.75) is 25.0 Å². The molecule has 0 aromatic carbocycles. The van der Waals surface area contributed by atoms with Gasteiger partial charge in [-0.2, -0.15) is 9.57 Å². The number of rotatable bonds is 3. The van der Waals surface area contributed by atoms with Gasteiger partial charge in [-0.15, -0.1) is 0 Å². The highest BCUT2D eigenvalue weighted by molar-refractivity contribution is 7.89. The molecule has 2 N–H and O–H groups in total. The van der Waals surface area contributed by atoms with Crippen molar-refractivity contribution >= 4 is 15.9 Å². The first-order valence-electron chi connectivity index (χ1n) is 5.07. The molecule has 1 aliphatic heterocycles. The van der Waals surface area contributed by atoms with E-state index in [0.717, 1.165) is 0 Å². The lowest BCUT2D eigenvalue weighted by Gasteiger charge is -2.30. The van der Waals surface area contributed by atoms with E-state index >= 15 is 0 Å². The second-order valence-corrected chi connectivity index (χ2v) is 6.17. The Bertz CT molecular complexity index is 412. The molecule has 1 amide bonds. The summed E-state index contributed by atoms with van der Waals surface area (Å²) < 4.78 is 24.9. The molecular weight excluding hydrogens is 230 g/mol.